The van der Waals surface area contributed by atoms with Crippen molar-refractivity contribution in [2.24, 2.45) is 0 Å². The molecular formula is C12H19NO. The van der Waals surface area contributed by atoms with Gasteiger partial charge in [-0.3, -0.25) is 0 Å². The Bertz CT molecular complexity index is 257. The highest BCUT2D eigenvalue weighted by atomic mass is 16.5. The van der Waals surface area contributed by atoms with Gasteiger partial charge in [-0.1, -0.05) is 11.1 Å². The first-order valence-corrected chi connectivity index (χ1v) is 5.92. The molecule has 0 aromatic rings. The summed E-state index contributed by atoms with van der Waals surface area (Å²) >= 11 is 0. The van der Waals surface area contributed by atoms with Gasteiger partial charge in [-0.15, -0.1) is 0 Å². The number of nitrogens with one attached hydrogen (secondary N) is 1. The average molecular weight is 193 g/mol. The molecule has 3 rings (SSSR count). The van der Waals surface area contributed by atoms with Crippen molar-refractivity contribution >= 4 is 0 Å². The van der Waals surface area contributed by atoms with Crippen molar-refractivity contribution in [1.82, 2.24) is 5.32 Å². The van der Waals surface area contributed by atoms with Crippen LogP contribution in [0.4, 0.5) is 0 Å². The summed E-state index contributed by atoms with van der Waals surface area (Å²) in [6, 6.07) is 0. The van der Waals surface area contributed by atoms with Gasteiger partial charge in [0.2, 0.25) is 0 Å². The minimum Gasteiger partial charge on any atom is -0.374 e. The fourth-order valence-corrected chi connectivity index (χ4v) is 2.98. The van der Waals surface area contributed by atoms with Crippen LogP contribution in [0.15, 0.2) is 11.1 Å². The van der Waals surface area contributed by atoms with E-state index in [9.17, 15) is 0 Å². The second-order valence-corrected chi connectivity index (χ2v) is 4.95. The van der Waals surface area contributed by atoms with Gasteiger partial charge in [-0.25, -0.2) is 0 Å². The summed E-state index contributed by atoms with van der Waals surface area (Å²) in [7, 11) is 0. The zero-order valence-corrected chi connectivity index (χ0v) is 8.77. The second kappa shape index (κ2) is 3.35. The van der Waals surface area contributed by atoms with Crippen LogP contribution < -0.4 is 5.32 Å². The number of hydrogen-bond donors (Lipinski definition) is 1. The van der Waals surface area contributed by atoms with E-state index in [2.05, 4.69) is 5.32 Å². The van der Waals surface area contributed by atoms with E-state index in [1.54, 1.807) is 11.1 Å². The van der Waals surface area contributed by atoms with Crippen molar-refractivity contribution in [3.05, 3.63) is 11.1 Å². The summed E-state index contributed by atoms with van der Waals surface area (Å²) < 4.78 is 5.94. The Hall–Kier alpha value is -0.340. The van der Waals surface area contributed by atoms with Crippen LogP contribution in [0.5, 0.6) is 0 Å². The third-order valence-electron chi connectivity index (χ3n) is 4.05. The molecule has 1 aliphatic carbocycles. The lowest BCUT2D eigenvalue weighted by atomic mass is 9.73. The molecule has 2 heterocycles. The number of ether oxygens (including phenoxy) is 1. The molecule has 2 heteroatoms. The molecule has 0 aromatic heterocycles. The molecule has 1 spiro atoms. The van der Waals surface area contributed by atoms with E-state index in [0.29, 0.717) is 5.60 Å². The summed E-state index contributed by atoms with van der Waals surface area (Å²) in [4.78, 5) is 0. The quantitative estimate of drug-likeness (QED) is 0.594. The third-order valence-corrected chi connectivity index (χ3v) is 4.05. The van der Waals surface area contributed by atoms with Gasteiger partial charge >= 0.3 is 0 Å². The predicted octanol–water partition coefficient (Wildman–Crippen LogP) is 2.01. The van der Waals surface area contributed by atoms with Crippen LogP contribution in [-0.2, 0) is 4.74 Å². The van der Waals surface area contributed by atoms with Crippen molar-refractivity contribution < 1.29 is 4.74 Å². The maximum absolute atomic E-state index is 5.94. The summed E-state index contributed by atoms with van der Waals surface area (Å²) in [5.74, 6) is 0. The molecule has 2 nitrogen and oxygen atoms in total. The Kier molecular flexibility index (Phi) is 2.14. The standard InChI is InChI=1S/C12H19NO/c1-4-12(5-1)8-10(3-7-14-12)11-2-6-13-9-11/h13H,1-9H2. The van der Waals surface area contributed by atoms with Gasteiger partial charge < -0.3 is 10.1 Å². The average Bonchev–Trinajstić information content (AvgIpc) is 2.68. The SMILES string of the molecule is C1CC2(C1)CC(=C1CCNC1)CCO2. The Morgan fingerprint density at radius 1 is 1.14 bits per heavy atom. The van der Waals surface area contributed by atoms with E-state index in [1.165, 1.54) is 45.1 Å². The van der Waals surface area contributed by atoms with Crippen molar-refractivity contribution in [3.63, 3.8) is 0 Å². The molecule has 2 aliphatic heterocycles. The molecule has 0 radical (unpaired) electrons. The summed E-state index contributed by atoms with van der Waals surface area (Å²) in [5.41, 5.74) is 3.71. The van der Waals surface area contributed by atoms with E-state index in [0.717, 1.165) is 13.2 Å². The molecule has 1 N–H and O–H groups in total. The second-order valence-electron chi connectivity index (χ2n) is 4.95. The minimum absolute atomic E-state index is 0.295. The maximum atomic E-state index is 5.94. The lowest BCUT2D eigenvalue weighted by Gasteiger charge is -2.45. The first kappa shape index (κ1) is 8.93. The molecule has 0 atom stereocenters. The Morgan fingerprint density at radius 3 is 2.71 bits per heavy atom. The highest BCUT2D eigenvalue weighted by molar-refractivity contribution is 5.23. The largest absolute Gasteiger partial charge is 0.374 e. The molecular weight excluding hydrogens is 174 g/mol. The van der Waals surface area contributed by atoms with Gasteiger partial charge in [-0.05, 0) is 45.1 Å². The van der Waals surface area contributed by atoms with E-state index < -0.39 is 0 Å². The van der Waals surface area contributed by atoms with Crippen LogP contribution in [0.2, 0.25) is 0 Å². The van der Waals surface area contributed by atoms with Crippen LogP contribution in [0, 0.1) is 0 Å². The Balaban J connectivity index is 1.77. The topological polar surface area (TPSA) is 21.3 Å². The molecule has 78 valence electrons. The minimum atomic E-state index is 0.295. The highest BCUT2D eigenvalue weighted by Gasteiger charge is 2.41. The van der Waals surface area contributed by atoms with E-state index in [4.69, 9.17) is 4.74 Å². The van der Waals surface area contributed by atoms with Gasteiger partial charge in [0.25, 0.3) is 0 Å². The van der Waals surface area contributed by atoms with Crippen LogP contribution in [0.1, 0.15) is 38.5 Å². The maximum Gasteiger partial charge on any atom is 0.0719 e. The van der Waals surface area contributed by atoms with Crippen molar-refractivity contribution in [2.75, 3.05) is 19.7 Å². The molecule has 0 unspecified atom stereocenters. The lowest BCUT2D eigenvalue weighted by molar-refractivity contribution is -0.112. The molecule has 14 heavy (non-hydrogen) atoms. The highest BCUT2D eigenvalue weighted by Crippen LogP contribution is 2.45. The molecule has 3 fully saturated rings. The van der Waals surface area contributed by atoms with Crippen molar-refractivity contribution in [3.8, 4) is 0 Å². The normalized spacial score (nSPS) is 36.0. The summed E-state index contributed by atoms with van der Waals surface area (Å²) in [6.07, 6.45) is 7.70. The number of rotatable bonds is 0. The summed E-state index contributed by atoms with van der Waals surface area (Å²) in [5, 5.41) is 3.43. The molecule has 0 bridgehead atoms. The molecule has 0 amide bonds. The Morgan fingerprint density at radius 2 is 2.07 bits per heavy atom. The van der Waals surface area contributed by atoms with Crippen LogP contribution >= 0.6 is 0 Å². The van der Waals surface area contributed by atoms with E-state index in [1.807, 2.05) is 0 Å². The van der Waals surface area contributed by atoms with Gasteiger partial charge in [0.1, 0.15) is 0 Å². The van der Waals surface area contributed by atoms with E-state index >= 15 is 0 Å². The first-order chi connectivity index (χ1) is 6.88. The fraction of sp³-hybridized carbons (Fsp3) is 0.833. The molecule has 0 aromatic carbocycles. The number of hydrogen-bond acceptors (Lipinski definition) is 2. The van der Waals surface area contributed by atoms with Crippen LogP contribution in [-0.4, -0.2) is 25.3 Å². The first-order valence-electron chi connectivity index (χ1n) is 5.92. The predicted molar refractivity (Wildman–Crippen MR) is 56.3 cm³/mol. The summed E-state index contributed by atoms with van der Waals surface area (Å²) in [6.45, 7) is 3.30. The van der Waals surface area contributed by atoms with Crippen LogP contribution in [0.25, 0.3) is 0 Å². The van der Waals surface area contributed by atoms with Gasteiger partial charge in [0.05, 0.1) is 12.2 Å². The monoisotopic (exact) mass is 193 g/mol. The lowest BCUT2D eigenvalue weighted by Crippen LogP contribution is -2.43. The molecule has 1 saturated carbocycles. The fourth-order valence-electron chi connectivity index (χ4n) is 2.98. The smallest absolute Gasteiger partial charge is 0.0719 e. The zero-order valence-electron chi connectivity index (χ0n) is 8.77. The van der Waals surface area contributed by atoms with Crippen LogP contribution in [0.3, 0.4) is 0 Å². The van der Waals surface area contributed by atoms with E-state index in [-0.39, 0.29) is 0 Å². The van der Waals surface area contributed by atoms with Gasteiger partial charge in [-0.2, -0.15) is 0 Å². The van der Waals surface area contributed by atoms with Crippen molar-refractivity contribution in [2.45, 2.75) is 44.1 Å². The van der Waals surface area contributed by atoms with Gasteiger partial charge in [0, 0.05) is 6.54 Å². The zero-order chi connectivity index (χ0) is 9.43. The van der Waals surface area contributed by atoms with Crippen molar-refractivity contribution in [1.29, 1.82) is 0 Å². The third kappa shape index (κ3) is 1.41. The Labute approximate surface area is 85.7 Å². The molecule has 3 aliphatic rings. The van der Waals surface area contributed by atoms with Gasteiger partial charge in [0.15, 0.2) is 0 Å². The molecule has 2 saturated heterocycles.